The first-order valence-corrected chi connectivity index (χ1v) is 7.93. The van der Waals surface area contributed by atoms with Crippen molar-refractivity contribution >= 4 is 28.1 Å². The van der Waals surface area contributed by atoms with Crippen LogP contribution in [-0.4, -0.2) is 19.7 Å². The fourth-order valence-electron chi connectivity index (χ4n) is 1.88. The molecule has 1 amide bonds. The molecule has 0 bridgehead atoms. The van der Waals surface area contributed by atoms with Crippen LogP contribution >= 0.6 is 15.9 Å². The van der Waals surface area contributed by atoms with E-state index in [4.69, 9.17) is 9.47 Å². The van der Waals surface area contributed by atoms with Gasteiger partial charge in [0.15, 0.2) is 0 Å². The average molecular weight is 376 g/mol. The molecule has 0 radical (unpaired) electrons. The lowest BCUT2D eigenvalue weighted by Crippen LogP contribution is -2.24. The highest BCUT2D eigenvalue weighted by Gasteiger charge is 2.01. The molecule has 0 saturated heterocycles. The van der Waals surface area contributed by atoms with Crippen LogP contribution < -0.4 is 10.1 Å². The number of hydrogen-bond acceptors (Lipinski definition) is 3. The van der Waals surface area contributed by atoms with E-state index < -0.39 is 6.09 Å². The Morgan fingerprint density at radius 1 is 1.22 bits per heavy atom. The molecule has 0 heterocycles. The molecule has 0 aliphatic carbocycles. The van der Waals surface area contributed by atoms with Gasteiger partial charge in [0.25, 0.3) is 0 Å². The summed E-state index contributed by atoms with van der Waals surface area (Å²) in [6, 6.07) is 15.3. The number of carbonyl (C=O) groups is 1. The molecule has 0 spiro atoms. The fourth-order valence-corrected chi connectivity index (χ4v) is 2.26. The second kappa shape index (κ2) is 9.00. The van der Waals surface area contributed by atoms with Gasteiger partial charge in [-0.2, -0.15) is 0 Å². The van der Waals surface area contributed by atoms with Crippen LogP contribution in [0.1, 0.15) is 11.1 Å². The van der Waals surface area contributed by atoms with Crippen molar-refractivity contribution in [2.24, 2.45) is 0 Å². The lowest BCUT2D eigenvalue weighted by atomic mass is 10.2. The van der Waals surface area contributed by atoms with Crippen LogP contribution in [0.25, 0.3) is 6.08 Å². The lowest BCUT2D eigenvalue weighted by molar-refractivity contribution is 0.141. The van der Waals surface area contributed by atoms with E-state index in [2.05, 4.69) is 21.2 Å². The smallest absolute Gasteiger partial charge is 0.407 e. The molecule has 0 atom stereocenters. The minimum absolute atomic E-state index is 0.262. The van der Waals surface area contributed by atoms with Crippen LogP contribution in [-0.2, 0) is 11.3 Å². The normalized spacial score (nSPS) is 10.5. The minimum atomic E-state index is -0.441. The third kappa shape index (κ3) is 5.79. The summed E-state index contributed by atoms with van der Waals surface area (Å²) in [4.78, 5) is 11.6. The van der Waals surface area contributed by atoms with Crippen LogP contribution in [0.2, 0.25) is 0 Å². The molecule has 2 aromatic carbocycles. The van der Waals surface area contributed by atoms with Gasteiger partial charge in [-0.05, 0) is 29.3 Å². The minimum Gasteiger partial charge on any atom is -0.497 e. The Kier molecular flexibility index (Phi) is 6.69. The standard InChI is InChI=1S/C18H18BrNO3/c1-22-16-9-10-17(19)15(12-16)8-5-11-20-18(21)23-13-14-6-3-2-4-7-14/h2-10,12H,11,13H2,1H3,(H,20,21). The fraction of sp³-hybridized carbons (Fsp3) is 0.167. The van der Waals surface area contributed by atoms with E-state index in [9.17, 15) is 4.79 Å². The van der Waals surface area contributed by atoms with Crippen LogP contribution in [0.3, 0.4) is 0 Å². The number of amides is 1. The topological polar surface area (TPSA) is 47.6 Å². The van der Waals surface area contributed by atoms with Gasteiger partial charge in [0.2, 0.25) is 0 Å². The molecule has 1 N–H and O–H groups in total. The van der Waals surface area contributed by atoms with Gasteiger partial charge < -0.3 is 14.8 Å². The maximum absolute atomic E-state index is 11.6. The molecule has 0 fully saturated rings. The first kappa shape index (κ1) is 17.1. The number of benzene rings is 2. The third-order valence-corrected chi connectivity index (χ3v) is 3.80. The van der Waals surface area contributed by atoms with Crippen molar-refractivity contribution in [3.63, 3.8) is 0 Å². The highest BCUT2D eigenvalue weighted by molar-refractivity contribution is 9.10. The number of carbonyl (C=O) groups excluding carboxylic acids is 1. The molecule has 0 aliphatic rings. The van der Waals surface area contributed by atoms with Crippen molar-refractivity contribution in [3.8, 4) is 5.75 Å². The summed E-state index contributed by atoms with van der Waals surface area (Å²) in [7, 11) is 1.63. The molecule has 5 heteroatoms. The Balaban J connectivity index is 1.77. The molecule has 4 nitrogen and oxygen atoms in total. The average Bonchev–Trinajstić information content (AvgIpc) is 2.59. The van der Waals surface area contributed by atoms with E-state index in [1.165, 1.54) is 0 Å². The van der Waals surface area contributed by atoms with Crippen LogP contribution in [0, 0.1) is 0 Å². The molecule has 2 aromatic rings. The van der Waals surface area contributed by atoms with E-state index in [1.54, 1.807) is 7.11 Å². The number of alkyl carbamates (subject to hydrolysis) is 1. The molecule has 120 valence electrons. The summed E-state index contributed by atoms with van der Waals surface area (Å²) in [5.41, 5.74) is 1.93. The van der Waals surface area contributed by atoms with Crippen LogP contribution in [0.15, 0.2) is 59.1 Å². The SMILES string of the molecule is COc1ccc(Br)c(C=CCNC(=O)OCc2ccccc2)c1. The van der Waals surface area contributed by atoms with Crippen molar-refractivity contribution in [3.05, 3.63) is 70.2 Å². The van der Waals surface area contributed by atoms with Crippen molar-refractivity contribution in [1.82, 2.24) is 5.32 Å². The third-order valence-electron chi connectivity index (χ3n) is 3.08. The van der Waals surface area contributed by atoms with Crippen LogP contribution in [0.5, 0.6) is 5.75 Å². The Bertz CT molecular complexity index is 671. The Morgan fingerprint density at radius 3 is 2.74 bits per heavy atom. The lowest BCUT2D eigenvalue weighted by Gasteiger charge is -2.05. The Morgan fingerprint density at radius 2 is 2.00 bits per heavy atom. The van der Waals surface area contributed by atoms with E-state index in [-0.39, 0.29) is 6.61 Å². The highest BCUT2D eigenvalue weighted by atomic mass is 79.9. The molecule has 0 aromatic heterocycles. The summed E-state index contributed by atoms with van der Waals surface area (Å²) in [5.74, 6) is 0.781. The van der Waals surface area contributed by atoms with Gasteiger partial charge in [-0.15, -0.1) is 0 Å². The van der Waals surface area contributed by atoms with E-state index in [0.717, 1.165) is 21.3 Å². The first-order chi connectivity index (χ1) is 11.2. The number of hydrogen-bond donors (Lipinski definition) is 1. The highest BCUT2D eigenvalue weighted by Crippen LogP contribution is 2.23. The van der Waals surface area contributed by atoms with Gasteiger partial charge in [0, 0.05) is 11.0 Å². The summed E-state index contributed by atoms with van der Waals surface area (Å²) in [6.45, 7) is 0.648. The van der Waals surface area contributed by atoms with E-state index in [0.29, 0.717) is 6.54 Å². The quantitative estimate of drug-likeness (QED) is 0.813. The predicted molar refractivity (Wildman–Crippen MR) is 94.4 cm³/mol. The number of ether oxygens (including phenoxy) is 2. The van der Waals surface area contributed by atoms with Gasteiger partial charge in [-0.25, -0.2) is 4.79 Å². The van der Waals surface area contributed by atoms with Gasteiger partial charge in [-0.3, -0.25) is 0 Å². The zero-order valence-corrected chi connectivity index (χ0v) is 14.4. The van der Waals surface area contributed by atoms with Crippen LogP contribution in [0.4, 0.5) is 4.79 Å². The summed E-state index contributed by atoms with van der Waals surface area (Å²) < 4.78 is 11.3. The van der Waals surface area contributed by atoms with Gasteiger partial charge in [0.05, 0.1) is 7.11 Å². The molecular weight excluding hydrogens is 358 g/mol. The maximum atomic E-state index is 11.6. The largest absolute Gasteiger partial charge is 0.497 e. The number of halogens is 1. The summed E-state index contributed by atoms with van der Waals surface area (Å²) in [6.07, 6.45) is 3.32. The molecular formula is C18H18BrNO3. The van der Waals surface area contributed by atoms with E-state index >= 15 is 0 Å². The molecule has 23 heavy (non-hydrogen) atoms. The van der Waals surface area contributed by atoms with Gasteiger partial charge >= 0.3 is 6.09 Å². The Hall–Kier alpha value is -2.27. The van der Waals surface area contributed by atoms with Crippen molar-refractivity contribution < 1.29 is 14.3 Å². The summed E-state index contributed by atoms with van der Waals surface area (Å²) in [5, 5.41) is 2.68. The summed E-state index contributed by atoms with van der Waals surface area (Å²) >= 11 is 3.47. The van der Waals surface area contributed by atoms with Gasteiger partial charge in [0.1, 0.15) is 12.4 Å². The van der Waals surface area contributed by atoms with Crippen molar-refractivity contribution in [2.75, 3.05) is 13.7 Å². The van der Waals surface area contributed by atoms with Crippen molar-refractivity contribution in [2.45, 2.75) is 6.61 Å². The molecule has 2 rings (SSSR count). The van der Waals surface area contributed by atoms with E-state index in [1.807, 2.05) is 60.7 Å². The molecule has 0 aliphatic heterocycles. The number of rotatable bonds is 6. The number of nitrogens with one attached hydrogen (secondary N) is 1. The molecule has 0 unspecified atom stereocenters. The van der Waals surface area contributed by atoms with Crippen molar-refractivity contribution in [1.29, 1.82) is 0 Å². The molecule has 0 saturated carbocycles. The zero-order chi connectivity index (χ0) is 16.5. The second-order valence-electron chi connectivity index (χ2n) is 4.73. The Labute approximate surface area is 144 Å². The zero-order valence-electron chi connectivity index (χ0n) is 12.8. The predicted octanol–water partition coefficient (Wildman–Crippen LogP) is 4.40. The second-order valence-corrected chi connectivity index (χ2v) is 5.59. The number of methoxy groups -OCH3 is 1. The first-order valence-electron chi connectivity index (χ1n) is 7.13. The van der Waals surface area contributed by atoms with Gasteiger partial charge in [-0.1, -0.05) is 58.4 Å². The monoisotopic (exact) mass is 375 g/mol. The maximum Gasteiger partial charge on any atom is 0.407 e.